The van der Waals surface area contributed by atoms with Crippen LogP contribution in [0.15, 0.2) is 42.5 Å². The van der Waals surface area contributed by atoms with Gasteiger partial charge in [-0.2, -0.15) is 0 Å². The first-order chi connectivity index (χ1) is 17.5. The number of aromatic nitrogens is 2. The van der Waals surface area contributed by atoms with E-state index in [1.54, 1.807) is 18.2 Å². The Balaban J connectivity index is 1.36. The van der Waals surface area contributed by atoms with Gasteiger partial charge in [-0.05, 0) is 49.7 Å². The van der Waals surface area contributed by atoms with E-state index in [-0.39, 0.29) is 6.04 Å². The molecule has 2 fully saturated rings. The second-order valence-electron chi connectivity index (χ2n) is 8.97. The van der Waals surface area contributed by atoms with Crippen molar-refractivity contribution >= 4 is 46.2 Å². The Hall–Kier alpha value is -2.56. The highest BCUT2D eigenvalue weighted by Gasteiger charge is 2.44. The monoisotopic (exact) mass is 533 g/mol. The minimum absolute atomic E-state index is 0.325. The van der Waals surface area contributed by atoms with Crippen LogP contribution >= 0.6 is 23.2 Å². The Bertz CT molecular complexity index is 1220. The summed E-state index contributed by atoms with van der Waals surface area (Å²) in [6, 6.07) is 11.4. The molecule has 3 heterocycles. The number of carboxylic acid groups (broad SMARTS) is 1. The largest absolute Gasteiger partial charge is 0.480 e. The molecule has 2 aliphatic rings. The van der Waals surface area contributed by atoms with Gasteiger partial charge < -0.3 is 24.6 Å². The summed E-state index contributed by atoms with van der Waals surface area (Å²) in [7, 11) is 0. The zero-order chi connectivity index (χ0) is 25.1. The molecule has 11 heteroatoms. The van der Waals surface area contributed by atoms with Crippen molar-refractivity contribution in [2.45, 2.75) is 24.9 Å². The Labute approximate surface area is 219 Å². The van der Waals surface area contributed by atoms with E-state index in [2.05, 4.69) is 10.2 Å². The number of hydrogen-bond donors (Lipinski definition) is 2. The quantitative estimate of drug-likeness (QED) is 0.396. The number of benzene rings is 2. The summed E-state index contributed by atoms with van der Waals surface area (Å²) in [4.78, 5) is 25.6. The molecule has 1 unspecified atom stereocenters. The summed E-state index contributed by atoms with van der Waals surface area (Å²) >= 11 is 12.3. The van der Waals surface area contributed by atoms with Gasteiger partial charge in [0.2, 0.25) is 5.95 Å². The Morgan fingerprint density at radius 3 is 2.75 bits per heavy atom. The Kier molecular flexibility index (Phi) is 7.83. The molecule has 192 valence electrons. The van der Waals surface area contributed by atoms with Crippen molar-refractivity contribution in [1.29, 1.82) is 0 Å². The SMILES string of the molecule is O=C(O)[C@@H]1C(n2c(NCCCN3CCOCC3)nc3ccccc32)CCN1Oc1ccc(Cl)cc1Cl. The van der Waals surface area contributed by atoms with E-state index in [1.165, 1.54) is 5.06 Å². The highest BCUT2D eigenvalue weighted by atomic mass is 35.5. The minimum Gasteiger partial charge on any atom is -0.480 e. The number of hydroxylamine groups is 2. The van der Waals surface area contributed by atoms with E-state index < -0.39 is 12.0 Å². The van der Waals surface area contributed by atoms with Crippen molar-refractivity contribution < 1.29 is 19.5 Å². The first-order valence-electron chi connectivity index (χ1n) is 12.1. The fraction of sp³-hybridized carbons (Fsp3) is 0.440. The number of carboxylic acids is 1. The lowest BCUT2D eigenvalue weighted by molar-refractivity contribution is -0.156. The maximum atomic E-state index is 12.5. The van der Waals surface area contributed by atoms with Crippen molar-refractivity contribution in [2.24, 2.45) is 0 Å². The molecule has 0 spiro atoms. The number of fused-ring (bicyclic) bond motifs is 1. The van der Waals surface area contributed by atoms with Crippen LogP contribution in [-0.2, 0) is 9.53 Å². The van der Waals surface area contributed by atoms with Crippen molar-refractivity contribution in [3.05, 3.63) is 52.5 Å². The molecule has 0 aliphatic carbocycles. The molecule has 0 amide bonds. The van der Waals surface area contributed by atoms with Gasteiger partial charge in [-0.3, -0.25) is 9.69 Å². The number of halogens is 2. The van der Waals surface area contributed by atoms with Crippen LogP contribution in [0, 0.1) is 0 Å². The average molecular weight is 534 g/mol. The number of nitrogens with one attached hydrogen (secondary N) is 1. The number of imidazole rings is 1. The lowest BCUT2D eigenvalue weighted by Gasteiger charge is -2.27. The predicted octanol–water partition coefficient (Wildman–Crippen LogP) is 4.17. The van der Waals surface area contributed by atoms with Crippen molar-refractivity contribution in [3.63, 3.8) is 0 Å². The van der Waals surface area contributed by atoms with E-state index in [0.29, 0.717) is 34.7 Å². The lowest BCUT2D eigenvalue weighted by Crippen LogP contribution is -2.42. The highest BCUT2D eigenvalue weighted by Crippen LogP contribution is 2.37. The van der Waals surface area contributed by atoms with E-state index in [0.717, 1.165) is 56.8 Å². The molecule has 2 aliphatic heterocycles. The van der Waals surface area contributed by atoms with Crippen LogP contribution in [-0.4, -0.2) is 82.6 Å². The molecular formula is C25H29Cl2N5O4. The number of para-hydroxylation sites is 2. The molecule has 2 atom stereocenters. The van der Waals surface area contributed by atoms with Crippen LogP contribution in [0.25, 0.3) is 11.0 Å². The van der Waals surface area contributed by atoms with E-state index in [1.807, 2.05) is 28.8 Å². The van der Waals surface area contributed by atoms with E-state index in [4.69, 9.17) is 37.8 Å². The number of ether oxygens (including phenoxy) is 1. The molecule has 2 N–H and O–H groups in total. The van der Waals surface area contributed by atoms with Gasteiger partial charge in [-0.25, -0.2) is 4.98 Å². The maximum Gasteiger partial charge on any atom is 0.326 e. The van der Waals surface area contributed by atoms with Gasteiger partial charge in [0.1, 0.15) is 0 Å². The van der Waals surface area contributed by atoms with Crippen LogP contribution in [0.1, 0.15) is 18.9 Å². The van der Waals surface area contributed by atoms with Crippen LogP contribution in [0.5, 0.6) is 5.75 Å². The van der Waals surface area contributed by atoms with Crippen LogP contribution in [0.2, 0.25) is 10.0 Å². The number of carbonyl (C=O) groups is 1. The smallest absolute Gasteiger partial charge is 0.326 e. The third kappa shape index (κ3) is 5.40. The fourth-order valence-corrected chi connectivity index (χ4v) is 5.36. The van der Waals surface area contributed by atoms with Crippen LogP contribution in [0.3, 0.4) is 0 Å². The molecule has 0 saturated carbocycles. The highest BCUT2D eigenvalue weighted by molar-refractivity contribution is 6.35. The van der Waals surface area contributed by atoms with Gasteiger partial charge in [-0.1, -0.05) is 35.3 Å². The minimum atomic E-state index is -0.973. The molecule has 2 saturated heterocycles. The first-order valence-corrected chi connectivity index (χ1v) is 12.9. The number of morpholine rings is 1. The third-order valence-electron chi connectivity index (χ3n) is 6.65. The third-order valence-corrected chi connectivity index (χ3v) is 7.18. The Morgan fingerprint density at radius 1 is 1.17 bits per heavy atom. The number of rotatable bonds is 9. The molecule has 1 aromatic heterocycles. The van der Waals surface area contributed by atoms with Crippen molar-refractivity contribution in [2.75, 3.05) is 51.3 Å². The Morgan fingerprint density at radius 2 is 1.97 bits per heavy atom. The molecular weight excluding hydrogens is 505 g/mol. The van der Waals surface area contributed by atoms with Gasteiger partial charge >= 0.3 is 5.97 Å². The number of nitrogens with zero attached hydrogens (tertiary/aromatic N) is 4. The summed E-state index contributed by atoms with van der Waals surface area (Å²) < 4.78 is 7.43. The van der Waals surface area contributed by atoms with Gasteiger partial charge in [0.05, 0.1) is 35.3 Å². The van der Waals surface area contributed by atoms with Crippen molar-refractivity contribution in [1.82, 2.24) is 19.5 Å². The van der Waals surface area contributed by atoms with E-state index in [9.17, 15) is 9.90 Å². The first kappa shape index (κ1) is 25.1. The van der Waals surface area contributed by atoms with Crippen LogP contribution in [0.4, 0.5) is 5.95 Å². The van der Waals surface area contributed by atoms with Crippen molar-refractivity contribution in [3.8, 4) is 5.75 Å². The van der Waals surface area contributed by atoms with Gasteiger partial charge in [0.25, 0.3) is 0 Å². The van der Waals surface area contributed by atoms with E-state index >= 15 is 0 Å². The lowest BCUT2D eigenvalue weighted by atomic mass is 10.1. The number of hydrogen-bond acceptors (Lipinski definition) is 7. The predicted molar refractivity (Wildman–Crippen MR) is 139 cm³/mol. The van der Waals surface area contributed by atoms with Gasteiger partial charge in [-0.15, -0.1) is 5.06 Å². The number of anilines is 1. The molecule has 36 heavy (non-hydrogen) atoms. The summed E-state index contributed by atoms with van der Waals surface area (Å²) in [5.74, 6) is 0.0596. The molecule has 3 aromatic rings. The van der Waals surface area contributed by atoms with Gasteiger partial charge in [0.15, 0.2) is 11.8 Å². The zero-order valence-corrected chi connectivity index (χ0v) is 21.3. The normalized spacial score (nSPS) is 21.2. The molecule has 2 aromatic carbocycles. The second kappa shape index (κ2) is 11.2. The summed E-state index contributed by atoms with van der Waals surface area (Å²) in [6.45, 7) is 5.59. The second-order valence-corrected chi connectivity index (χ2v) is 9.82. The van der Waals surface area contributed by atoms with Crippen LogP contribution < -0.4 is 10.2 Å². The molecule has 5 rings (SSSR count). The fourth-order valence-electron chi connectivity index (χ4n) is 4.92. The topological polar surface area (TPSA) is 92.1 Å². The molecule has 0 radical (unpaired) electrons. The maximum absolute atomic E-state index is 12.5. The zero-order valence-electron chi connectivity index (χ0n) is 19.8. The van der Waals surface area contributed by atoms with Gasteiger partial charge in [0, 0.05) is 31.2 Å². The molecule has 0 bridgehead atoms. The summed E-state index contributed by atoms with van der Waals surface area (Å²) in [5, 5.41) is 16.0. The molecule has 9 nitrogen and oxygen atoms in total. The number of aliphatic carboxylic acids is 1. The summed E-state index contributed by atoms with van der Waals surface area (Å²) in [5.41, 5.74) is 1.70. The summed E-state index contributed by atoms with van der Waals surface area (Å²) in [6.07, 6.45) is 1.52. The standard InChI is InChI=1S/C25H29Cl2N5O4/c26-17-6-7-22(18(27)16-17)36-31-11-8-21(23(31)24(33)34)32-20-5-2-1-4-19(20)29-25(32)28-9-3-10-30-12-14-35-15-13-30/h1-2,4-7,16,21,23H,3,8-15H2,(H,28,29)(H,33,34)/t21?,23-/m0/s1. The average Bonchev–Trinajstić information content (AvgIpc) is 3.45.